The largest absolute Gasteiger partial charge is 0.326 e. The van der Waals surface area contributed by atoms with E-state index in [0.717, 1.165) is 31.6 Å². The molecule has 1 heterocycles. The predicted octanol–water partition coefficient (Wildman–Crippen LogP) is 2.12. The van der Waals surface area contributed by atoms with Crippen LogP contribution in [0, 0.1) is 5.82 Å². The van der Waals surface area contributed by atoms with Gasteiger partial charge in [-0.05, 0) is 40.0 Å². The zero-order chi connectivity index (χ0) is 10.8. The van der Waals surface area contributed by atoms with Gasteiger partial charge in [0.2, 0.25) is 0 Å². The molecule has 0 radical (unpaired) electrons. The molecule has 1 fully saturated rings. The molecule has 1 aromatic rings. The Morgan fingerprint density at radius 1 is 1.53 bits per heavy atom. The fraction of sp³-hybridized carbons (Fsp3) is 0.455. The second-order valence-corrected chi connectivity index (χ2v) is 4.89. The minimum Gasteiger partial charge on any atom is -0.326 e. The maximum Gasteiger partial charge on any atom is 0.137 e. The normalized spacial score (nSPS) is 22.2. The lowest BCUT2D eigenvalue weighted by Gasteiger charge is -2.15. The van der Waals surface area contributed by atoms with Crippen molar-refractivity contribution in [2.24, 2.45) is 5.73 Å². The Hall–Kier alpha value is -0.450. The van der Waals surface area contributed by atoms with Crippen molar-refractivity contribution in [1.82, 2.24) is 4.90 Å². The molecule has 1 aliphatic rings. The lowest BCUT2D eigenvalue weighted by Crippen LogP contribution is -2.26. The molecule has 0 aliphatic carbocycles. The van der Waals surface area contributed by atoms with Crippen LogP contribution in [0.2, 0.25) is 0 Å². The Labute approximate surface area is 97.4 Å². The number of benzene rings is 1. The van der Waals surface area contributed by atoms with Crippen molar-refractivity contribution in [3.63, 3.8) is 0 Å². The van der Waals surface area contributed by atoms with Gasteiger partial charge < -0.3 is 5.73 Å². The first kappa shape index (κ1) is 11.0. The lowest BCUT2D eigenvalue weighted by molar-refractivity contribution is 0.326. The highest BCUT2D eigenvalue weighted by atomic mass is 79.9. The van der Waals surface area contributed by atoms with Crippen LogP contribution in [-0.4, -0.2) is 24.0 Å². The Kier molecular flexibility index (Phi) is 3.38. The summed E-state index contributed by atoms with van der Waals surface area (Å²) in [5, 5.41) is 0. The van der Waals surface area contributed by atoms with Crippen LogP contribution < -0.4 is 5.73 Å². The average molecular weight is 273 g/mol. The van der Waals surface area contributed by atoms with Gasteiger partial charge in [0.1, 0.15) is 5.82 Å². The SMILES string of the molecule is N[C@H]1CCN(Cc2ccc(Br)c(F)c2)C1. The van der Waals surface area contributed by atoms with E-state index in [-0.39, 0.29) is 11.9 Å². The Bertz CT molecular complexity index is 356. The standard InChI is InChI=1S/C11H14BrFN2/c12-10-2-1-8(5-11(10)13)6-15-4-3-9(14)7-15/h1-2,5,9H,3-4,6-7,14H2/t9-/m0/s1. The molecule has 0 amide bonds. The summed E-state index contributed by atoms with van der Waals surface area (Å²) in [6, 6.07) is 5.55. The maximum absolute atomic E-state index is 13.2. The van der Waals surface area contributed by atoms with Crippen LogP contribution in [0.5, 0.6) is 0 Å². The van der Waals surface area contributed by atoms with Gasteiger partial charge in [0.25, 0.3) is 0 Å². The van der Waals surface area contributed by atoms with Crippen molar-refractivity contribution < 1.29 is 4.39 Å². The van der Waals surface area contributed by atoms with Gasteiger partial charge in [0, 0.05) is 25.7 Å². The Morgan fingerprint density at radius 2 is 2.33 bits per heavy atom. The summed E-state index contributed by atoms with van der Waals surface area (Å²) in [6.07, 6.45) is 1.04. The van der Waals surface area contributed by atoms with Gasteiger partial charge in [-0.25, -0.2) is 4.39 Å². The molecule has 0 saturated carbocycles. The maximum atomic E-state index is 13.2. The number of nitrogens with two attached hydrogens (primary N) is 1. The molecule has 0 aromatic heterocycles. The Morgan fingerprint density at radius 3 is 2.93 bits per heavy atom. The second kappa shape index (κ2) is 4.60. The van der Waals surface area contributed by atoms with Gasteiger partial charge in [-0.15, -0.1) is 0 Å². The van der Waals surface area contributed by atoms with Crippen molar-refractivity contribution in [1.29, 1.82) is 0 Å². The highest BCUT2D eigenvalue weighted by molar-refractivity contribution is 9.10. The highest BCUT2D eigenvalue weighted by Crippen LogP contribution is 2.18. The summed E-state index contributed by atoms with van der Waals surface area (Å²) >= 11 is 3.14. The van der Waals surface area contributed by atoms with Crippen LogP contribution in [0.15, 0.2) is 22.7 Å². The molecule has 1 aliphatic heterocycles. The third-order valence-corrected chi connectivity index (χ3v) is 3.34. The Balaban J connectivity index is 2.02. The van der Waals surface area contributed by atoms with E-state index in [4.69, 9.17) is 5.73 Å². The summed E-state index contributed by atoms with van der Waals surface area (Å²) in [7, 11) is 0. The monoisotopic (exact) mass is 272 g/mol. The molecular formula is C11H14BrFN2. The molecule has 4 heteroatoms. The van der Waals surface area contributed by atoms with Gasteiger partial charge in [0.15, 0.2) is 0 Å². The summed E-state index contributed by atoms with van der Waals surface area (Å²) in [5.41, 5.74) is 6.81. The quantitative estimate of drug-likeness (QED) is 0.894. The summed E-state index contributed by atoms with van der Waals surface area (Å²) in [5.74, 6) is -0.198. The third-order valence-electron chi connectivity index (χ3n) is 2.70. The number of likely N-dealkylation sites (tertiary alicyclic amines) is 1. The fourth-order valence-corrected chi connectivity index (χ4v) is 2.15. The summed E-state index contributed by atoms with van der Waals surface area (Å²) in [4.78, 5) is 2.26. The van der Waals surface area contributed by atoms with Gasteiger partial charge in [0.05, 0.1) is 4.47 Å². The van der Waals surface area contributed by atoms with Gasteiger partial charge in [-0.3, -0.25) is 4.90 Å². The van der Waals surface area contributed by atoms with Crippen LogP contribution in [0.4, 0.5) is 4.39 Å². The smallest absolute Gasteiger partial charge is 0.137 e. The first-order valence-electron chi connectivity index (χ1n) is 5.07. The topological polar surface area (TPSA) is 29.3 Å². The van der Waals surface area contributed by atoms with Crippen LogP contribution in [-0.2, 0) is 6.54 Å². The number of hydrogen-bond donors (Lipinski definition) is 1. The lowest BCUT2D eigenvalue weighted by atomic mass is 10.2. The summed E-state index contributed by atoms with van der Waals surface area (Å²) < 4.78 is 13.8. The van der Waals surface area contributed by atoms with E-state index >= 15 is 0 Å². The predicted molar refractivity (Wildman–Crippen MR) is 62.0 cm³/mol. The zero-order valence-corrected chi connectivity index (χ0v) is 10.0. The number of halogens is 2. The minimum atomic E-state index is -0.198. The molecule has 0 spiro atoms. The molecule has 82 valence electrons. The zero-order valence-electron chi connectivity index (χ0n) is 8.42. The van der Waals surface area contributed by atoms with E-state index in [1.54, 1.807) is 12.1 Å². The molecule has 2 nitrogen and oxygen atoms in total. The summed E-state index contributed by atoms with van der Waals surface area (Å²) in [6.45, 7) is 2.72. The van der Waals surface area contributed by atoms with Gasteiger partial charge >= 0.3 is 0 Å². The molecule has 2 N–H and O–H groups in total. The van der Waals surface area contributed by atoms with E-state index in [1.165, 1.54) is 0 Å². The number of rotatable bonds is 2. The van der Waals surface area contributed by atoms with Crippen LogP contribution in [0.25, 0.3) is 0 Å². The van der Waals surface area contributed by atoms with Crippen molar-refractivity contribution in [2.45, 2.75) is 19.0 Å². The molecule has 1 saturated heterocycles. The fourth-order valence-electron chi connectivity index (χ4n) is 1.90. The number of nitrogens with zero attached hydrogens (tertiary/aromatic N) is 1. The van der Waals surface area contributed by atoms with Gasteiger partial charge in [-0.1, -0.05) is 6.07 Å². The van der Waals surface area contributed by atoms with E-state index < -0.39 is 0 Å². The van der Waals surface area contributed by atoms with E-state index in [9.17, 15) is 4.39 Å². The molecule has 0 bridgehead atoms. The molecule has 1 atom stereocenters. The highest BCUT2D eigenvalue weighted by Gasteiger charge is 2.18. The molecule has 2 rings (SSSR count). The molecule has 15 heavy (non-hydrogen) atoms. The van der Waals surface area contributed by atoms with Crippen molar-refractivity contribution in [3.05, 3.63) is 34.1 Å². The first-order valence-corrected chi connectivity index (χ1v) is 5.86. The second-order valence-electron chi connectivity index (χ2n) is 4.03. The minimum absolute atomic E-state index is 0.198. The third kappa shape index (κ3) is 2.77. The van der Waals surface area contributed by atoms with Crippen LogP contribution in [0.1, 0.15) is 12.0 Å². The average Bonchev–Trinajstić information content (AvgIpc) is 2.58. The van der Waals surface area contributed by atoms with Crippen LogP contribution >= 0.6 is 15.9 Å². The van der Waals surface area contributed by atoms with Crippen molar-refractivity contribution in [3.8, 4) is 0 Å². The van der Waals surface area contributed by atoms with E-state index in [0.29, 0.717) is 4.47 Å². The molecule has 0 unspecified atom stereocenters. The van der Waals surface area contributed by atoms with Gasteiger partial charge in [-0.2, -0.15) is 0 Å². The van der Waals surface area contributed by atoms with Crippen LogP contribution in [0.3, 0.4) is 0 Å². The van der Waals surface area contributed by atoms with Crippen molar-refractivity contribution in [2.75, 3.05) is 13.1 Å². The first-order chi connectivity index (χ1) is 7.15. The van der Waals surface area contributed by atoms with E-state index in [1.807, 2.05) is 6.07 Å². The van der Waals surface area contributed by atoms with E-state index in [2.05, 4.69) is 20.8 Å². The molecule has 1 aromatic carbocycles. The number of hydrogen-bond acceptors (Lipinski definition) is 2. The molecular weight excluding hydrogens is 259 g/mol. The van der Waals surface area contributed by atoms with Crippen molar-refractivity contribution >= 4 is 15.9 Å².